The minimum Gasteiger partial charge on any atom is -0.323 e. The lowest BCUT2D eigenvalue weighted by Gasteiger charge is -2.10. The van der Waals surface area contributed by atoms with Gasteiger partial charge in [0.25, 0.3) is 0 Å². The smallest absolute Gasteiger partial charge is 0.0641 e. The van der Waals surface area contributed by atoms with Gasteiger partial charge < -0.3 is 5.73 Å². The highest BCUT2D eigenvalue weighted by Crippen LogP contribution is 2.37. The number of nitriles is 1. The number of benzene rings is 2. The van der Waals surface area contributed by atoms with Crippen LogP contribution in [0.2, 0.25) is 0 Å². The summed E-state index contributed by atoms with van der Waals surface area (Å²) in [7, 11) is 0. The van der Waals surface area contributed by atoms with E-state index in [0.717, 1.165) is 12.0 Å². The van der Waals surface area contributed by atoms with Crippen LogP contribution in [-0.2, 0) is 6.42 Å². The van der Waals surface area contributed by atoms with Crippen molar-refractivity contribution in [2.75, 3.05) is 0 Å². The Morgan fingerprint density at radius 3 is 2.63 bits per heavy atom. The van der Waals surface area contributed by atoms with Gasteiger partial charge in [-0.15, -0.1) is 12.4 Å². The van der Waals surface area contributed by atoms with Crippen LogP contribution in [0, 0.1) is 11.3 Å². The number of hydrogen-bond donors (Lipinski definition) is 1. The van der Waals surface area contributed by atoms with E-state index in [4.69, 9.17) is 11.0 Å². The summed E-state index contributed by atoms with van der Waals surface area (Å²) in [4.78, 5) is 0. The standard InChI is InChI=1S/C16H14N2.ClH/c17-8-7-16(18)12-5-6-15-13(10-12)9-11-3-1-2-4-14(11)15;/h1-6,10,16H,7,9,18H2;1H/t16-;/m1./s1. The fourth-order valence-corrected chi connectivity index (χ4v) is 2.61. The molecule has 0 amide bonds. The number of halogens is 1. The molecule has 0 heterocycles. The number of rotatable bonds is 2. The summed E-state index contributed by atoms with van der Waals surface area (Å²) in [5.41, 5.74) is 12.4. The molecule has 2 aromatic carbocycles. The third-order valence-corrected chi connectivity index (χ3v) is 3.56. The van der Waals surface area contributed by atoms with E-state index in [1.807, 2.05) is 6.07 Å². The maximum absolute atomic E-state index is 8.70. The second kappa shape index (κ2) is 5.44. The molecule has 2 nitrogen and oxygen atoms in total. The Labute approximate surface area is 119 Å². The molecule has 1 aliphatic carbocycles. The van der Waals surface area contributed by atoms with Crippen LogP contribution in [-0.4, -0.2) is 0 Å². The summed E-state index contributed by atoms with van der Waals surface area (Å²) in [6.45, 7) is 0. The van der Waals surface area contributed by atoms with Crippen molar-refractivity contribution >= 4 is 12.4 Å². The Kier molecular flexibility index (Phi) is 3.90. The maximum Gasteiger partial charge on any atom is 0.0641 e. The third kappa shape index (κ3) is 2.35. The first-order valence-electron chi connectivity index (χ1n) is 6.13. The summed E-state index contributed by atoms with van der Waals surface area (Å²) in [5.74, 6) is 0. The average molecular weight is 271 g/mol. The minimum atomic E-state index is -0.177. The van der Waals surface area contributed by atoms with Gasteiger partial charge in [0, 0.05) is 6.04 Å². The van der Waals surface area contributed by atoms with Crippen molar-refractivity contribution < 1.29 is 0 Å². The summed E-state index contributed by atoms with van der Waals surface area (Å²) in [6, 6.07) is 16.8. The van der Waals surface area contributed by atoms with E-state index in [9.17, 15) is 0 Å². The molecule has 3 rings (SSSR count). The van der Waals surface area contributed by atoms with E-state index >= 15 is 0 Å². The summed E-state index contributed by atoms with van der Waals surface area (Å²) >= 11 is 0. The van der Waals surface area contributed by atoms with Crippen LogP contribution in [0.3, 0.4) is 0 Å². The topological polar surface area (TPSA) is 49.8 Å². The zero-order chi connectivity index (χ0) is 12.5. The number of nitrogens with two attached hydrogens (primary N) is 1. The van der Waals surface area contributed by atoms with Crippen molar-refractivity contribution in [3.8, 4) is 17.2 Å². The largest absolute Gasteiger partial charge is 0.323 e. The van der Waals surface area contributed by atoms with Gasteiger partial charge in [-0.05, 0) is 34.2 Å². The van der Waals surface area contributed by atoms with Crippen LogP contribution in [0.1, 0.15) is 29.2 Å². The predicted molar refractivity (Wildman–Crippen MR) is 79.1 cm³/mol. The molecular formula is C16H15ClN2. The highest BCUT2D eigenvalue weighted by Gasteiger charge is 2.18. The molecule has 1 atom stereocenters. The highest BCUT2D eigenvalue weighted by molar-refractivity contribution is 5.85. The molecule has 3 heteroatoms. The van der Waals surface area contributed by atoms with E-state index in [0.29, 0.717) is 6.42 Å². The minimum absolute atomic E-state index is 0. The van der Waals surface area contributed by atoms with Gasteiger partial charge >= 0.3 is 0 Å². The van der Waals surface area contributed by atoms with Crippen molar-refractivity contribution in [2.24, 2.45) is 5.73 Å². The molecule has 1 aliphatic rings. The first kappa shape index (κ1) is 13.6. The Hall–Kier alpha value is -1.82. The lowest BCUT2D eigenvalue weighted by molar-refractivity contribution is 0.747. The highest BCUT2D eigenvalue weighted by atomic mass is 35.5. The van der Waals surface area contributed by atoms with Gasteiger partial charge in [-0.3, -0.25) is 0 Å². The fraction of sp³-hybridized carbons (Fsp3) is 0.188. The molecule has 0 aliphatic heterocycles. The van der Waals surface area contributed by atoms with Crippen LogP contribution in [0.25, 0.3) is 11.1 Å². The van der Waals surface area contributed by atoms with Gasteiger partial charge in [-0.2, -0.15) is 5.26 Å². The van der Waals surface area contributed by atoms with Crippen LogP contribution >= 0.6 is 12.4 Å². The fourth-order valence-electron chi connectivity index (χ4n) is 2.61. The predicted octanol–water partition coefficient (Wildman–Crippen LogP) is 3.59. The van der Waals surface area contributed by atoms with Gasteiger partial charge in [0.1, 0.15) is 0 Å². The van der Waals surface area contributed by atoms with Crippen molar-refractivity contribution in [1.29, 1.82) is 5.26 Å². The van der Waals surface area contributed by atoms with Crippen molar-refractivity contribution in [3.05, 3.63) is 59.2 Å². The van der Waals surface area contributed by atoms with E-state index in [2.05, 4.69) is 42.5 Å². The van der Waals surface area contributed by atoms with Gasteiger partial charge in [-0.1, -0.05) is 42.5 Å². The molecule has 2 aromatic rings. The van der Waals surface area contributed by atoms with Crippen LogP contribution in [0.5, 0.6) is 0 Å². The van der Waals surface area contributed by atoms with E-state index in [1.54, 1.807) is 0 Å². The van der Waals surface area contributed by atoms with Crippen molar-refractivity contribution in [2.45, 2.75) is 18.9 Å². The molecule has 0 bridgehead atoms. The molecule has 0 spiro atoms. The zero-order valence-corrected chi connectivity index (χ0v) is 11.3. The van der Waals surface area contributed by atoms with Crippen molar-refractivity contribution in [3.63, 3.8) is 0 Å². The molecule has 0 saturated heterocycles. The monoisotopic (exact) mass is 270 g/mol. The van der Waals surface area contributed by atoms with E-state index < -0.39 is 0 Å². The third-order valence-electron chi connectivity index (χ3n) is 3.56. The summed E-state index contributed by atoms with van der Waals surface area (Å²) in [5, 5.41) is 8.70. The van der Waals surface area contributed by atoms with Gasteiger partial charge in [0.15, 0.2) is 0 Å². The van der Waals surface area contributed by atoms with E-state index in [-0.39, 0.29) is 18.4 Å². The quantitative estimate of drug-likeness (QED) is 0.774. The molecule has 96 valence electrons. The molecule has 0 saturated carbocycles. The second-order valence-corrected chi connectivity index (χ2v) is 4.72. The first-order valence-corrected chi connectivity index (χ1v) is 6.13. The van der Waals surface area contributed by atoms with Gasteiger partial charge in [-0.25, -0.2) is 0 Å². The Bertz CT molecular complexity index is 643. The lowest BCUT2D eigenvalue weighted by atomic mass is 9.99. The summed E-state index contributed by atoms with van der Waals surface area (Å²) < 4.78 is 0. The normalized spacial score (nSPS) is 12.8. The average Bonchev–Trinajstić information content (AvgIpc) is 2.76. The Balaban J connectivity index is 0.00000133. The zero-order valence-electron chi connectivity index (χ0n) is 10.5. The van der Waals surface area contributed by atoms with Gasteiger partial charge in [0.2, 0.25) is 0 Å². The molecule has 0 aromatic heterocycles. The lowest BCUT2D eigenvalue weighted by Crippen LogP contribution is -2.09. The van der Waals surface area contributed by atoms with Crippen molar-refractivity contribution in [1.82, 2.24) is 0 Å². The molecule has 0 unspecified atom stereocenters. The Morgan fingerprint density at radius 2 is 1.84 bits per heavy atom. The van der Waals surface area contributed by atoms with Crippen LogP contribution in [0.4, 0.5) is 0 Å². The SMILES string of the molecule is Cl.N#CC[C@@H](N)c1ccc2c(c1)Cc1ccccc1-2. The molecular weight excluding hydrogens is 256 g/mol. The molecule has 2 N–H and O–H groups in total. The number of nitrogens with zero attached hydrogens (tertiary/aromatic N) is 1. The number of fused-ring (bicyclic) bond motifs is 3. The molecule has 0 fully saturated rings. The maximum atomic E-state index is 8.70. The van der Waals surface area contributed by atoms with E-state index in [1.165, 1.54) is 22.3 Å². The van der Waals surface area contributed by atoms with Crippen LogP contribution in [0.15, 0.2) is 42.5 Å². The first-order chi connectivity index (χ1) is 8.79. The van der Waals surface area contributed by atoms with Crippen LogP contribution < -0.4 is 5.73 Å². The van der Waals surface area contributed by atoms with Gasteiger partial charge in [0.05, 0.1) is 12.5 Å². The second-order valence-electron chi connectivity index (χ2n) is 4.72. The number of hydrogen-bond acceptors (Lipinski definition) is 2. The Morgan fingerprint density at radius 1 is 1.11 bits per heavy atom. The molecule has 0 radical (unpaired) electrons. The summed E-state index contributed by atoms with van der Waals surface area (Å²) in [6.07, 6.45) is 1.34. The molecule has 19 heavy (non-hydrogen) atoms.